The number of ketones is 1. The van der Waals surface area contributed by atoms with Crippen molar-refractivity contribution in [1.29, 1.82) is 0 Å². The summed E-state index contributed by atoms with van der Waals surface area (Å²) in [5, 5.41) is 9.10. The minimum atomic E-state index is -1.04. The Kier molecular flexibility index (Phi) is 28.1. The highest BCUT2D eigenvalue weighted by molar-refractivity contribution is 6.01. The van der Waals surface area contributed by atoms with Crippen LogP contribution in [0.4, 0.5) is 0 Å². The summed E-state index contributed by atoms with van der Waals surface area (Å²) < 4.78 is 0. The topological polar surface area (TPSA) is 74.7 Å². The first-order valence-electron chi connectivity index (χ1n) is 17.4. The predicted molar refractivity (Wildman–Crippen MR) is 170 cm³/mol. The molecule has 0 radical (unpaired) electrons. The second kappa shape index (κ2) is 29.1. The lowest BCUT2D eigenvalue weighted by Crippen LogP contribution is -2.39. The van der Waals surface area contributed by atoms with Crippen molar-refractivity contribution >= 4 is 17.7 Å². The van der Waals surface area contributed by atoms with Gasteiger partial charge in [0, 0.05) is 13.5 Å². The van der Waals surface area contributed by atoms with Crippen molar-refractivity contribution in [2.24, 2.45) is 5.92 Å². The maximum absolute atomic E-state index is 13.0. The molecule has 0 aromatic rings. The Balaban J connectivity index is 4.13. The van der Waals surface area contributed by atoms with Gasteiger partial charge in [0.25, 0.3) is 0 Å². The number of carboxylic acid groups (broad SMARTS) is 1. The fourth-order valence-corrected chi connectivity index (χ4v) is 5.65. The van der Waals surface area contributed by atoms with Gasteiger partial charge in [0.2, 0.25) is 5.91 Å². The van der Waals surface area contributed by atoms with E-state index in [1.54, 1.807) is 0 Å². The van der Waals surface area contributed by atoms with E-state index in [-0.39, 0.29) is 18.2 Å². The first-order chi connectivity index (χ1) is 19.4. The number of Topliss-reactive ketones (excluding diaryl/α,β-unsaturated/α-hetero) is 1. The molecule has 0 aliphatic rings. The Labute approximate surface area is 248 Å². The smallest absolute Gasteiger partial charge is 0.323 e. The largest absolute Gasteiger partial charge is 0.480 e. The van der Waals surface area contributed by atoms with Gasteiger partial charge >= 0.3 is 5.97 Å². The van der Waals surface area contributed by atoms with Crippen LogP contribution < -0.4 is 0 Å². The van der Waals surface area contributed by atoms with Gasteiger partial charge < -0.3 is 10.0 Å². The molecule has 0 aliphatic heterocycles. The standard InChI is InChI=1S/C35H67NO4/c1-4-6-8-10-12-14-16-17-18-20-21-23-25-27-29-32(35(40)36(3)31-34(38)39)33(37)30-28-26-24-22-19-15-13-11-9-7-5-2/h32H,4-31H2,1-3H3,(H,38,39). The minimum Gasteiger partial charge on any atom is -0.480 e. The zero-order chi connectivity index (χ0) is 29.7. The van der Waals surface area contributed by atoms with Crippen molar-refractivity contribution < 1.29 is 19.5 Å². The molecule has 0 spiro atoms. The number of hydrogen-bond donors (Lipinski definition) is 1. The van der Waals surface area contributed by atoms with Crippen LogP contribution in [0.5, 0.6) is 0 Å². The van der Waals surface area contributed by atoms with Crippen molar-refractivity contribution in [2.75, 3.05) is 13.6 Å². The van der Waals surface area contributed by atoms with Crippen LogP contribution in [0.3, 0.4) is 0 Å². The summed E-state index contributed by atoms with van der Waals surface area (Å²) in [5.74, 6) is -2.02. The van der Waals surface area contributed by atoms with Gasteiger partial charge in [-0.15, -0.1) is 0 Å². The molecule has 0 rings (SSSR count). The van der Waals surface area contributed by atoms with Crippen LogP contribution in [0.2, 0.25) is 0 Å². The van der Waals surface area contributed by atoms with Gasteiger partial charge in [-0.05, 0) is 12.8 Å². The molecule has 0 saturated carbocycles. The number of rotatable bonds is 31. The van der Waals surface area contributed by atoms with Crippen molar-refractivity contribution in [3.63, 3.8) is 0 Å². The van der Waals surface area contributed by atoms with Crippen LogP contribution in [0.15, 0.2) is 0 Å². The minimum absolute atomic E-state index is 0.00728. The Morgan fingerprint density at radius 1 is 0.525 bits per heavy atom. The second-order valence-electron chi connectivity index (χ2n) is 12.3. The molecular formula is C35H67NO4. The Bertz CT molecular complexity index is 606. The number of likely N-dealkylation sites (N-methyl/N-ethyl adjacent to an activating group) is 1. The number of hydrogen-bond acceptors (Lipinski definition) is 3. The van der Waals surface area contributed by atoms with Gasteiger partial charge in [0.05, 0.1) is 5.92 Å². The van der Waals surface area contributed by atoms with Crippen molar-refractivity contribution in [3.8, 4) is 0 Å². The lowest BCUT2D eigenvalue weighted by atomic mass is 9.91. The Morgan fingerprint density at radius 3 is 1.20 bits per heavy atom. The lowest BCUT2D eigenvalue weighted by Gasteiger charge is -2.22. The van der Waals surface area contributed by atoms with E-state index in [1.165, 1.54) is 134 Å². The number of carbonyl (C=O) groups excluding carboxylic acids is 2. The zero-order valence-corrected chi connectivity index (χ0v) is 27.0. The van der Waals surface area contributed by atoms with Crippen LogP contribution in [0.1, 0.15) is 187 Å². The average Bonchev–Trinajstić information content (AvgIpc) is 2.93. The number of unbranched alkanes of at least 4 members (excludes halogenated alkanes) is 23. The number of aliphatic carboxylic acids is 1. The highest BCUT2D eigenvalue weighted by Crippen LogP contribution is 2.20. The predicted octanol–water partition coefficient (Wildman–Crippen LogP) is 10.3. The fraction of sp³-hybridized carbons (Fsp3) is 0.914. The van der Waals surface area contributed by atoms with E-state index in [2.05, 4.69) is 13.8 Å². The maximum Gasteiger partial charge on any atom is 0.323 e. The van der Waals surface area contributed by atoms with Crippen LogP contribution in [0.25, 0.3) is 0 Å². The molecule has 0 bridgehead atoms. The molecule has 1 atom stereocenters. The summed E-state index contributed by atoms with van der Waals surface area (Å²) in [7, 11) is 1.50. The summed E-state index contributed by atoms with van der Waals surface area (Å²) in [6.07, 6.45) is 32.3. The monoisotopic (exact) mass is 566 g/mol. The number of carbonyl (C=O) groups is 3. The molecule has 0 fully saturated rings. The summed E-state index contributed by atoms with van der Waals surface area (Å²) in [5.41, 5.74) is 0. The molecule has 1 unspecified atom stereocenters. The molecule has 5 nitrogen and oxygen atoms in total. The third-order valence-corrected chi connectivity index (χ3v) is 8.31. The lowest BCUT2D eigenvalue weighted by molar-refractivity contribution is -0.147. The third-order valence-electron chi connectivity index (χ3n) is 8.31. The van der Waals surface area contributed by atoms with Gasteiger partial charge in [-0.2, -0.15) is 0 Å². The number of amides is 1. The van der Waals surface area contributed by atoms with E-state index < -0.39 is 11.9 Å². The first-order valence-corrected chi connectivity index (χ1v) is 17.4. The molecule has 40 heavy (non-hydrogen) atoms. The van der Waals surface area contributed by atoms with E-state index >= 15 is 0 Å². The molecule has 0 saturated heterocycles. The third kappa shape index (κ3) is 24.4. The maximum atomic E-state index is 13.0. The van der Waals surface area contributed by atoms with Gasteiger partial charge in [-0.1, -0.05) is 168 Å². The van der Waals surface area contributed by atoms with Gasteiger partial charge in [0.1, 0.15) is 12.3 Å². The van der Waals surface area contributed by atoms with Crippen LogP contribution in [-0.2, 0) is 14.4 Å². The summed E-state index contributed by atoms with van der Waals surface area (Å²) in [4.78, 5) is 38.3. The van der Waals surface area contributed by atoms with Gasteiger partial charge in [0.15, 0.2) is 0 Å². The van der Waals surface area contributed by atoms with E-state index in [1.807, 2.05) is 0 Å². The first kappa shape index (κ1) is 38.6. The number of nitrogens with zero attached hydrogens (tertiary/aromatic N) is 1. The van der Waals surface area contributed by atoms with Crippen LogP contribution in [0, 0.1) is 5.92 Å². The molecule has 0 heterocycles. The SMILES string of the molecule is CCCCCCCCCCCCCCCCC(C(=O)CCCCCCCCCCCCC)C(=O)N(C)CC(=O)O. The number of carboxylic acids is 1. The highest BCUT2D eigenvalue weighted by Gasteiger charge is 2.28. The van der Waals surface area contributed by atoms with E-state index in [0.717, 1.165) is 38.5 Å². The van der Waals surface area contributed by atoms with Gasteiger partial charge in [-0.25, -0.2) is 0 Å². The molecule has 236 valence electrons. The van der Waals surface area contributed by atoms with Crippen molar-refractivity contribution in [2.45, 2.75) is 187 Å². The summed E-state index contributed by atoms with van der Waals surface area (Å²) >= 11 is 0. The van der Waals surface area contributed by atoms with E-state index in [9.17, 15) is 14.4 Å². The molecule has 1 N–H and O–H groups in total. The average molecular weight is 566 g/mol. The van der Waals surface area contributed by atoms with Crippen molar-refractivity contribution in [1.82, 2.24) is 4.90 Å². The molecule has 5 heteroatoms. The fourth-order valence-electron chi connectivity index (χ4n) is 5.65. The second-order valence-corrected chi connectivity index (χ2v) is 12.3. The van der Waals surface area contributed by atoms with Crippen molar-refractivity contribution in [3.05, 3.63) is 0 Å². The molecular weight excluding hydrogens is 498 g/mol. The van der Waals surface area contributed by atoms with Crippen LogP contribution >= 0.6 is 0 Å². The van der Waals surface area contributed by atoms with E-state index in [0.29, 0.717) is 12.8 Å². The Morgan fingerprint density at radius 2 is 0.850 bits per heavy atom. The molecule has 0 aromatic carbocycles. The van der Waals surface area contributed by atoms with E-state index in [4.69, 9.17) is 5.11 Å². The quantitative estimate of drug-likeness (QED) is 0.0670. The molecule has 0 aliphatic carbocycles. The zero-order valence-electron chi connectivity index (χ0n) is 27.0. The Hall–Kier alpha value is -1.39. The summed E-state index contributed by atoms with van der Waals surface area (Å²) in [6, 6.07) is 0. The normalized spacial score (nSPS) is 12.0. The molecule has 1 amide bonds. The van der Waals surface area contributed by atoms with Crippen LogP contribution in [-0.4, -0.2) is 41.3 Å². The summed E-state index contributed by atoms with van der Waals surface area (Å²) in [6.45, 7) is 4.16. The molecule has 0 aromatic heterocycles. The van der Waals surface area contributed by atoms with Gasteiger partial charge in [-0.3, -0.25) is 14.4 Å². The highest BCUT2D eigenvalue weighted by atomic mass is 16.4.